The fraction of sp³-hybridized carbons (Fsp3) is 0.174. The van der Waals surface area contributed by atoms with Gasteiger partial charge in [-0.25, -0.2) is 0 Å². The van der Waals surface area contributed by atoms with Gasteiger partial charge in [0.25, 0.3) is 5.91 Å². The van der Waals surface area contributed by atoms with Crippen molar-refractivity contribution in [2.45, 2.75) is 13.8 Å². The van der Waals surface area contributed by atoms with E-state index in [1.807, 2.05) is 44.2 Å². The molecular formula is C23H23N3O2. The van der Waals surface area contributed by atoms with E-state index in [2.05, 4.69) is 15.6 Å². The van der Waals surface area contributed by atoms with Crippen LogP contribution in [0, 0.1) is 5.92 Å². The van der Waals surface area contributed by atoms with Gasteiger partial charge in [0, 0.05) is 29.8 Å². The van der Waals surface area contributed by atoms with Crippen LogP contribution in [-0.4, -0.2) is 23.3 Å². The monoisotopic (exact) mass is 373 g/mol. The van der Waals surface area contributed by atoms with E-state index >= 15 is 0 Å². The molecule has 28 heavy (non-hydrogen) atoms. The first-order valence-electron chi connectivity index (χ1n) is 9.24. The number of para-hydroxylation sites is 2. The lowest BCUT2D eigenvalue weighted by Gasteiger charge is -2.11. The lowest BCUT2D eigenvalue weighted by Crippen LogP contribution is -2.28. The Morgan fingerprint density at radius 1 is 1.04 bits per heavy atom. The molecule has 0 aliphatic heterocycles. The minimum absolute atomic E-state index is 0.202. The number of benzene rings is 2. The van der Waals surface area contributed by atoms with Crippen LogP contribution in [0.5, 0.6) is 0 Å². The molecule has 0 spiro atoms. The second kappa shape index (κ2) is 8.95. The summed E-state index contributed by atoms with van der Waals surface area (Å²) in [5.74, 6) is -0.160. The second-order valence-corrected chi connectivity index (χ2v) is 6.89. The molecular weight excluding hydrogens is 350 g/mol. The number of rotatable bonds is 6. The largest absolute Gasteiger partial charge is 0.352 e. The molecule has 1 heterocycles. The Hall–Kier alpha value is -3.47. The summed E-state index contributed by atoms with van der Waals surface area (Å²) in [5.41, 5.74) is 2.62. The van der Waals surface area contributed by atoms with Gasteiger partial charge in [-0.1, -0.05) is 50.2 Å². The number of fused-ring (bicyclic) bond motifs is 1. The van der Waals surface area contributed by atoms with Crippen LogP contribution in [0.4, 0.5) is 5.69 Å². The third-order valence-corrected chi connectivity index (χ3v) is 4.18. The number of anilines is 1. The number of carbonyl (C=O) groups excluding carboxylic acids is 2. The zero-order valence-corrected chi connectivity index (χ0v) is 16.0. The molecule has 2 aromatic carbocycles. The number of aromatic nitrogens is 1. The summed E-state index contributed by atoms with van der Waals surface area (Å²) >= 11 is 0. The normalized spacial score (nSPS) is 11.1. The molecule has 0 atom stereocenters. The number of pyridine rings is 1. The average Bonchev–Trinajstić information content (AvgIpc) is 2.71. The van der Waals surface area contributed by atoms with Crippen LogP contribution < -0.4 is 10.6 Å². The number of nitrogens with zero attached hydrogens (tertiary/aromatic N) is 1. The van der Waals surface area contributed by atoms with E-state index < -0.39 is 0 Å². The zero-order chi connectivity index (χ0) is 19.9. The van der Waals surface area contributed by atoms with E-state index in [1.165, 1.54) is 6.08 Å². The van der Waals surface area contributed by atoms with Crippen molar-refractivity contribution < 1.29 is 9.59 Å². The van der Waals surface area contributed by atoms with E-state index in [9.17, 15) is 9.59 Å². The molecule has 0 unspecified atom stereocenters. The smallest absolute Gasteiger partial charge is 0.253 e. The van der Waals surface area contributed by atoms with Gasteiger partial charge in [-0.3, -0.25) is 14.6 Å². The summed E-state index contributed by atoms with van der Waals surface area (Å²) in [7, 11) is 0. The van der Waals surface area contributed by atoms with Crippen molar-refractivity contribution >= 4 is 34.5 Å². The minimum atomic E-state index is -0.308. The molecule has 3 rings (SSSR count). The van der Waals surface area contributed by atoms with E-state index in [0.717, 1.165) is 16.5 Å². The molecule has 0 radical (unpaired) electrons. The van der Waals surface area contributed by atoms with Gasteiger partial charge in [-0.05, 0) is 30.2 Å². The fourth-order valence-electron chi connectivity index (χ4n) is 2.78. The van der Waals surface area contributed by atoms with Crippen molar-refractivity contribution in [3.05, 3.63) is 78.0 Å². The van der Waals surface area contributed by atoms with Gasteiger partial charge >= 0.3 is 0 Å². The summed E-state index contributed by atoms with van der Waals surface area (Å²) in [5, 5.41) is 6.68. The quantitative estimate of drug-likeness (QED) is 0.634. The number of hydrogen-bond acceptors (Lipinski definition) is 3. The average molecular weight is 373 g/mol. The Labute approximate surface area is 164 Å². The van der Waals surface area contributed by atoms with Gasteiger partial charge in [0.1, 0.15) is 0 Å². The molecule has 1 aromatic heterocycles. The molecule has 5 nitrogen and oxygen atoms in total. The summed E-state index contributed by atoms with van der Waals surface area (Å²) in [6.45, 7) is 4.64. The van der Waals surface area contributed by atoms with E-state index in [-0.39, 0.29) is 11.8 Å². The van der Waals surface area contributed by atoms with Crippen LogP contribution in [0.15, 0.2) is 66.9 Å². The molecule has 142 valence electrons. The maximum atomic E-state index is 12.4. The Bertz CT molecular complexity index is 1020. The highest BCUT2D eigenvalue weighted by Gasteiger charge is 2.12. The lowest BCUT2D eigenvalue weighted by molar-refractivity contribution is -0.111. The maximum absolute atomic E-state index is 12.4. The Balaban J connectivity index is 1.75. The first-order valence-corrected chi connectivity index (χ1v) is 9.24. The lowest BCUT2D eigenvalue weighted by atomic mass is 10.1. The first-order chi connectivity index (χ1) is 13.5. The van der Waals surface area contributed by atoms with Gasteiger partial charge < -0.3 is 10.6 Å². The van der Waals surface area contributed by atoms with Crippen molar-refractivity contribution in [3.63, 3.8) is 0 Å². The van der Waals surface area contributed by atoms with E-state index in [1.54, 1.807) is 36.5 Å². The highest BCUT2D eigenvalue weighted by atomic mass is 16.2. The Morgan fingerprint density at radius 2 is 1.82 bits per heavy atom. The third-order valence-electron chi connectivity index (χ3n) is 4.18. The molecule has 0 fully saturated rings. The molecule has 3 aromatic rings. The van der Waals surface area contributed by atoms with Crippen LogP contribution >= 0.6 is 0 Å². The summed E-state index contributed by atoms with van der Waals surface area (Å²) in [4.78, 5) is 29.2. The van der Waals surface area contributed by atoms with Crippen molar-refractivity contribution in [2.24, 2.45) is 5.92 Å². The Morgan fingerprint density at radius 3 is 2.64 bits per heavy atom. The molecule has 0 aliphatic carbocycles. The molecule has 0 aliphatic rings. The third kappa shape index (κ3) is 4.82. The van der Waals surface area contributed by atoms with E-state index in [4.69, 9.17) is 0 Å². The van der Waals surface area contributed by atoms with Crippen LogP contribution in [0.1, 0.15) is 29.8 Å². The summed E-state index contributed by atoms with van der Waals surface area (Å²) in [6.07, 6.45) is 4.91. The molecule has 0 bridgehead atoms. The topological polar surface area (TPSA) is 71.1 Å². The van der Waals surface area contributed by atoms with Gasteiger partial charge in [-0.15, -0.1) is 0 Å². The highest BCUT2D eigenvalue weighted by Crippen LogP contribution is 2.18. The predicted molar refractivity (Wildman–Crippen MR) is 113 cm³/mol. The van der Waals surface area contributed by atoms with Crippen LogP contribution in [0.2, 0.25) is 0 Å². The molecule has 0 saturated heterocycles. The summed E-state index contributed by atoms with van der Waals surface area (Å²) in [6, 6.07) is 16.6. The van der Waals surface area contributed by atoms with Crippen LogP contribution in [0.25, 0.3) is 17.0 Å². The van der Waals surface area contributed by atoms with Crippen molar-refractivity contribution in [1.82, 2.24) is 10.3 Å². The minimum Gasteiger partial charge on any atom is -0.352 e. The fourth-order valence-corrected chi connectivity index (χ4v) is 2.78. The SMILES string of the molecule is CC(C)CNC(=O)c1ccccc1NC(=O)C=Cc1cccc2cccnc12. The molecule has 0 saturated carbocycles. The first kappa shape index (κ1) is 19.3. The molecule has 2 N–H and O–H groups in total. The van der Waals surface area contributed by atoms with E-state index in [0.29, 0.717) is 23.7 Å². The van der Waals surface area contributed by atoms with Crippen LogP contribution in [-0.2, 0) is 4.79 Å². The second-order valence-electron chi connectivity index (χ2n) is 6.89. The number of amides is 2. The predicted octanol–water partition coefficient (Wildman–Crippen LogP) is 4.27. The van der Waals surface area contributed by atoms with Gasteiger partial charge in [-0.2, -0.15) is 0 Å². The maximum Gasteiger partial charge on any atom is 0.253 e. The van der Waals surface area contributed by atoms with Gasteiger partial charge in [0.15, 0.2) is 0 Å². The van der Waals surface area contributed by atoms with Gasteiger partial charge in [0.2, 0.25) is 5.91 Å². The molecule has 5 heteroatoms. The Kier molecular flexibility index (Phi) is 6.17. The number of nitrogens with one attached hydrogen (secondary N) is 2. The highest BCUT2D eigenvalue weighted by molar-refractivity contribution is 6.08. The number of hydrogen-bond donors (Lipinski definition) is 2. The number of carbonyl (C=O) groups is 2. The molecule has 2 amide bonds. The zero-order valence-electron chi connectivity index (χ0n) is 16.0. The van der Waals surface area contributed by atoms with Crippen molar-refractivity contribution in [1.29, 1.82) is 0 Å². The van der Waals surface area contributed by atoms with Crippen molar-refractivity contribution in [3.8, 4) is 0 Å². The standard InChI is InChI=1S/C23H23N3O2/c1-16(2)15-25-23(28)19-10-3-4-11-20(19)26-21(27)13-12-18-8-5-7-17-9-6-14-24-22(17)18/h3-14,16H,15H2,1-2H3,(H,25,28)(H,26,27). The summed E-state index contributed by atoms with van der Waals surface area (Å²) < 4.78 is 0. The van der Waals surface area contributed by atoms with Gasteiger partial charge in [0.05, 0.1) is 16.8 Å². The van der Waals surface area contributed by atoms with Crippen molar-refractivity contribution in [2.75, 3.05) is 11.9 Å². The van der Waals surface area contributed by atoms with Crippen LogP contribution in [0.3, 0.4) is 0 Å².